The van der Waals surface area contributed by atoms with E-state index in [1.54, 1.807) is 24.3 Å². The first-order valence-corrected chi connectivity index (χ1v) is 8.87. The molecule has 2 aromatic carbocycles. The third-order valence-electron chi connectivity index (χ3n) is 3.97. The summed E-state index contributed by atoms with van der Waals surface area (Å²) in [5.74, 6) is -0.317. The minimum Gasteiger partial charge on any atom is -0.351 e. The zero-order chi connectivity index (χ0) is 17.2. The molecule has 2 aromatic rings. The van der Waals surface area contributed by atoms with E-state index in [0.29, 0.717) is 12.1 Å². The predicted octanol–water partition coefficient (Wildman–Crippen LogP) is 1.36. The maximum Gasteiger partial charge on any atom is 0.251 e. The number of hydrogen-bond acceptors (Lipinski definition) is 4. The van der Waals surface area contributed by atoms with E-state index in [9.17, 15) is 13.2 Å². The van der Waals surface area contributed by atoms with Gasteiger partial charge in [-0.2, -0.15) is 5.26 Å². The predicted molar refractivity (Wildman–Crippen MR) is 87.9 cm³/mol. The van der Waals surface area contributed by atoms with E-state index in [4.69, 9.17) is 5.26 Å². The van der Waals surface area contributed by atoms with Gasteiger partial charge in [-0.05, 0) is 23.8 Å². The summed E-state index contributed by atoms with van der Waals surface area (Å²) < 4.78 is 27.5. The fraction of sp³-hybridized carbons (Fsp3) is 0.176. The van der Waals surface area contributed by atoms with Gasteiger partial charge in [0.15, 0.2) is 0 Å². The Hall–Kier alpha value is -2.69. The average Bonchev–Trinajstić information content (AvgIpc) is 2.61. The van der Waals surface area contributed by atoms with Gasteiger partial charge in [0.25, 0.3) is 5.91 Å². The van der Waals surface area contributed by atoms with Crippen LogP contribution in [-0.4, -0.2) is 27.4 Å². The fourth-order valence-electron chi connectivity index (χ4n) is 2.74. The molecule has 0 aromatic heterocycles. The molecule has 1 aliphatic heterocycles. The molecule has 0 saturated carbocycles. The van der Waals surface area contributed by atoms with Crippen LogP contribution in [0.1, 0.15) is 27.4 Å². The number of carbonyl (C=O) groups is 1. The quantitative estimate of drug-likeness (QED) is 0.877. The highest BCUT2D eigenvalue weighted by Crippen LogP contribution is 2.24. The van der Waals surface area contributed by atoms with E-state index in [1.165, 1.54) is 12.1 Å². The molecule has 1 unspecified atom stereocenters. The van der Waals surface area contributed by atoms with Crippen molar-refractivity contribution in [2.45, 2.75) is 10.8 Å². The second-order valence-corrected chi connectivity index (χ2v) is 7.19. The first-order chi connectivity index (χ1) is 11.5. The summed E-state index contributed by atoms with van der Waals surface area (Å²) in [5, 5.41) is 11.8. The third kappa shape index (κ3) is 3.02. The summed E-state index contributed by atoms with van der Waals surface area (Å²) >= 11 is 0. The molecular formula is C17H15N3O3S. The molecule has 3 rings (SSSR count). The van der Waals surface area contributed by atoms with E-state index in [2.05, 4.69) is 10.0 Å². The number of sulfonamides is 1. The fourth-order valence-corrected chi connectivity index (χ4v) is 3.98. The Morgan fingerprint density at radius 2 is 1.88 bits per heavy atom. The van der Waals surface area contributed by atoms with Crippen LogP contribution < -0.4 is 10.0 Å². The van der Waals surface area contributed by atoms with Crippen molar-refractivity contribution < 1.29 is 13.2 Å². The summed E-state index contributed by atoms with van der Waals surface area (Å²) in [6.45, 7) is 0.498. The standard InChI is InChI=1S/C17H15N3O3S/c18-9-12-5-1-4-8-16(12)24(22,23)20-11-13-10-19-17(21)15-7-3-2-6-14(13)15/h1-8,13,20H,10-11H2,(H,19,21). The highest BCUT2D eigenvalue weighted by Gasteiger charge is 2.27. The van der Waals surface area contributed by atoms with E-state index in [0.717, 1.165) is 5.56 Å². The highest BCUT2D eigenvalue weighted by atomic mass is 32.2. The molecule has 24 heavy (non-hydrogen) atoms. The molecule has 0 spiro atoms. The topological polar surface area (TPSA) is 99.1 Å². The number of carbonyl (C=O) groups excluding carboxylic acids is 1. The third-order valence-corrected chi connectivity index (χ3v) is 5.45. The molecule has 7 heteroatoms. The molecule has 1 amide bonds. The van der Waals surface area contributed by atoms with Crippen molar-refractivity contribution in [1.82, 2.24) is 10.0 Å². The molecule has 0 radical (unpaired) electrons. The lowest BCUT2D eigenvalue weighted by Gasteiger charge is -2.25. The van der Waals surface area contributed by atoms with Crippen molar-refractivity contribution in [2.75, 3.05) is 13.1 Å². The summed E-state index contributed by atoms with van der Waals surface area (Å²) in [7, 11) is -3.80. The second-order valence-electron chi connectivity index (χ2n) is 5.45. The summed E-state index contributed by atoms with van der Waals surface area (Å²) in [6, 6.07) is 15.1. The van der Waals surface area contributed by atoms with Crippen LogP contribution in [0, 0.1) is 11.3 Å². The smallest absolute Gasteiger partial charge is 0.251 e. The number of fused-ring (bicyclic) bond motifs is 1. The summed E-state index contributed by atoms with van der Waals surface area (Å²) in [5.41, 5.74) is 1.48. The number of nitrogens with one attached hydrogen (secondary N) is 2. The first kappa shape index (κ1) is 16.2. The number of rotatable bonds is 4. The van der Waals surface area contributed by atoms with Gasteiger partial charge >= 0.3 is 0 Å². The largest absolute Gasteiger partial charge is 0.351 e. The van der Waals surface area contributed by atoms with Gasteiger partial charge in [0.2, 0.25) is 10.0 Å². The molecule has 0 saturated heterocycles. The molecule has 1 aliphatic rings. The minimum absolute atomic E-state index is 0.0411. The van der Waals surface area contributed by atoms with Gasteiger partial charge in [-0.25, -0.2) is 13.1 Å². The van der Waals surface area contributed by atoms with Crippen LogP contribution in [0.25, 0.3) is 0 Å². The molecule has 1 heterocycles. The number of nitriles is 1. The van der Waals surface area contributed by atoms with Crippen molar-refractivity contribution in [2.24, 2.45) is 0 Å². The first-order valence-electron chi connectivity index (χ1n) is 7.39. The summed E-state index contributed by atoms with van der Waals surface area (Å²) in [4.78, 5) is 11.8. The maximum atomic E-state index is 12.5. The Bertz CT molecular complexity index is 932. The zero-order valence-corrected chi connectivity index (χ0v) is 13.5. The van der Waals surface area contributed by atoms with Crippen molar-refractivity contribution in [3.05, 3.63) is 65.2 Å². The maximum absolute atomic E-state index is 12.5. The van der Waals surface area contributed by atoms with Crippen LogP contribution >= 0.6 is 0 Å². The molecule has 1 atom stereocenters. The van der Waals surface area contributed by atoms with Crippen LogP contribution in [0.2, 0.25) is 0 Å². The molecule has 2 N–H and O–H groups in total. The SMILES string of the molecule is N#Cc1ccccc1S(=O)(=O)NCC1CNC(=O)c2ccccc21. The lowest BCUT2D eigenvalue weighted by molar-refractivity contribution is 0.0940. The number of benzene rings is 2. The number of amides is 1. The average molecular weight is 341 g/mol. The van der Waals surface area contributed by atoms with Crippen LogP contribution in [0.3, 0.4) is 0 Å². The van der Waals surface area contributed by atoms with E-state index >= 15 is 0 Å². The van der Waals surface area contributed by atoms with Crippen LogP contribution in [0.5, 0.6) is 0 Å². The van der Waals surface area contributed by atoms with Gasteiger partial charge in [-0.3, -0.25) is 4.79 Å². The van der Waals surface area contributed by atoms with Crippen LogP contribution in [0.4, 0.5) is 0 Å². The molecule has 6 nitrogen and oxygen atoms in total. The Morgan fingerprint density at radius 1 is 1.17 bits per heavy atom. The van der Waals surface area contributed by atoms with Crippen molar-refractivity contribution in [3.63, 3.8) is 0 Å². The zero-order valence-electron chi connectivity index (χ0n) is 12.7. The number of nitrogens with zero attached hydrogens (tertiary/aromatic N) is 1. The van der Waals surface area contributed by atoms with Crippen molar-refractivity contribution in [3.8, 4) is 6.07 Å². The van der Waals surface area contributed by atoms with Crippen molar-refractivity contribution >= 4 is 15.9 Å². The Labute approximate surface area is 140 Å². The van der Waals surface area contributed by atoms with Gasteiger partial charge < -0.3 is 5.32 Å². The van der Waals surface area contributed by atoms with Crippen LogP contribution in [-0.2, 0) is 10.0 Å². The lowest BCUT2D eigenvalue weighted by atomic mass is 9.91. The van der Waals surface area contributed by atoms with Gasteiger partial charge in [-0.15, -0.1) is 0 Å². The van der Waals surface area contributed by atoms with Crippen molar-refractivity contribution in [1.29, 1.82) is 5.26 Å². The highest BCUT2D eigenvalue weighted by molar-refractivity contribution is 7.89. The van der Waals surface area contributed by atoms with Gasteiger partial charge in [0.1, 0.15) is 6.07 Å². The molecular weight excluding hydrogens is 326 g/mol. The lowest BCUT2D eigenvalue weighted by Crippen LogP contribution is -2.40. The van der Waals surface area contributed by atoms with E-state index < -0.39 is 10.0 Å². The Balaban J connectivity index is 1.83. The monoisotopic (exact) mass is 341 g/mol. The molecule has 122 valence electrons. The Kier molecular flexibility index (Phi) is 4.34. The van der Waals surface area contributed by atoms with Gasteiger partial charge in [-0.1, -0.05) is 30.3 Å². The second kappa shape index (κ2) is 6.43. The minimum atomic E-state index is -3.80. The van der Waals surface area contributed by atoms with Crippen LogP contribution in [0.15, 0.2) is 53.4 Å². The molecule has 0 aliphatic carbocycles. The normalized spacial score (nSPS) is 16.8. The Morgan fingerprint density at radius 3 is 2.67 bits per heavy atom. The van der Waals surface area contributed by atoms with E-state index in [1.807, 2.05) is 18.2 Å². The van der Waals surface area contributed by atoms with Gasteiger partial charge in [0.05, 0.1) is 10.5 Å². The molecule has 0 fully saturated rings. The molecule has 0 bridgehead atoms. The van der Waals surface area contributed by atoms with Gasteiger partial charge in [0, 0.05) is 24.6 Å². The number of hydrogen-bond donors (Lipinski definition) is 2. The van der Waals surface area contributed by atoms with E-state index in [-0.39, 0.29) is 28.8 Å². The summed E-state index contributed by atoms with van der Waals surface area (Å²) in [6.07, 6.45) is 0.